The average molecular weight is 169 g/mol. The molecular weight excluding hydrogens is 158 g/mol. The van der Waals surface area contributed by atoms with Gasteiger partial charge in [-0.3, -0.25) is 4.21 Å². The van der Waals surface area contributed by atoms with Gasteiger partial charge in [0.15, 0.2) is 0 Å². The summed E-state index contributed by atoms with van der Waals surface area (Å²) in [6.07, 6.45) is 1.63. The van der Waals surface area contributed by atoms with Crippen molar-refractivity contribution in [3.05, 3.63) is 23.8 Å². The Hall–Kier alpha value is -0.830. The first-order valence-electron chi connectivity index (χ1n) is 3.31. The monoisotopic (exact) mass is 169 g/mol. The average Bonchev–Trinajstić information content (AvgIpc) is 1.94. The predicted octanol–water partition coefficient (Wildman–Crippen LogP) is 1.31. The lowest BCUT2D eigenvalue weighted by Gasteiger charge is -2.03. The summed E-state index contributed by atoms with van der Waals surface area (Å²) in [5.74, 6) is 0. The standard InChI is InChI=1S/C8H11NOS/c1-6-4-3-5-7(8(6)9)11(2)10/h3-5H,9H2,1-2H3/t11-/m0/s1. The number of para-hydroxylation sites is 1. The lowest BCUT2D eigenvalue weighted by molar-refractivity contribution is 0.687. The molecule has 1 aromatic carbocycles. The first kappa shape index (κ1) is 8.27. The smallest absolute Gasteiger partial charge is 0.0617 e. The zero-order chi connectivity index (χ0) is 8.43. The van der Waals surface area contributed by atoms with Gasteiger partial charge < -0.3 is 5.73 Å². The number of hydrogen-bond donors (Lipinski definition) is 1. The summed E-state index contributed by atoms with van der Waals surface area (Å²) >= 11 is 0. The Morgan fingerprint density at radius 1 is 1.45 bits per heavy atom. The summed E-state index contributed by atoms with van der Waals surface area (Å²) in [6.45, 7) is 1.91. The summed E-state index contributed by atoms with van der Waals surface area (Å²) < 4.78 is 11.0. The fourth-order valence-corrected chi connectivity index (χ4v) is 1.65. The Kier molecular flexibility index (Phi) is 2.29. The summed E-state index contributed by atoms with van der Waals surface area (Å²) in [5.41, 5.74) is 7.32. The van der Waals surface area contributed by atoms with Crippen molar-refractivity contribution >= 4 is 16.5 Å². The van der Waals surface area contributed by atoms with Crippen molar-refractivity contribution in [1.29, 1.82) is 0 Å². The van der Waals surface area contributed by atoms with Crippen LogP contribution in [0.4, 0.5) is 5.69 Å². The van der Waals surface area contributed by atoms with Crippen molar-refractivity contribution in [3.8, 4) is 0 Å². The van der Waals surface area contributed by atoms with Crippen LogP contribution in [-0.2, 0) is 10.8 Å². The third-order valence-corrected chi connectivity index (χ3v) is 2.57. The number of benzene rings is 1. The number of rotatable bonds is 1. The van der Waals surface area contributed by atoms with Gasteiger partial charge in [-0.2, -0.15) is 0 Å². The first-order valence-corrected chi connectivity index (χ1v) is 4.87. The van der Waals surface area contributed by atoms with E-state index in [9.17, 15) is 4.21 Å². The van der Waals surface area contributed by atoms with Crippen molar-refractivity contribution in [3.63, 3.8) is 0 Å². The van der Waals surface area contributed by atoms with Crippen LogP contribution in [0.3, 0.4) is 0 Å². The van der Waals surface area contributed by atoms with E-state index >= 15 is 0 Å². The molecule has 2 nitrogen and oxygen atoms in total. The maximum Gasteiger partial charge on any atom is 0.0617 e. The minimum atomic E-state index is -0.976. The quantitative estimate of drug-likeness (QED) is 0.644. The van der Waals surface area contributed by atoms with Gasteiger partial charge in [0.25, 0.3) is 0 Å². The molecule has 0 radical (unpaired) electrons. The molecule has 60 valence electrons. The molecule has 0 aliphatic heterocycles. The molecule has 0 spiro atoms. The number of anilines is 1. The van der Waals surface area contributed by atoms with E-state index in [0.717, 1.165) is 10.5 Å². The van der Waals surface area contributed by atoms with Crippen LogP contribution in [0.1, 0.15) is 5.56 Å². The van der Waals surface area contributed by atoms with Gasteiger partial charge in [-0.15, -0.1) is 0 Å². The number of aryl methyl sites for hydroxylation is 1. The lowest BCUT2D eigenvalue weighted by Crippen LogP contribution is -1.97. The Bertz CT molecular complexity index is 296. The van der Waals surface area contributed by atoms with Gasteiger partial charge in [-0.1, -0.05) is 12.1 Å². The maximum atomic E-state index is 11.0. The molecule has 0 fully saturated rings. The second-order valence-electron chi connectivity index (χ2n) is 2.44. The minimum Gasteiger partial charge on any atom is -0.398 e. The normalized spacial score (nSPS) is 12.9. The van der Waals surface area contributed by atoms with Crippen molar-refractivity contribution in [2.75, 3.05) is 12.0 Å². The molecule has 0 aliphatic rings. The van der Waals surface area contributed by atoms with Crippen LogP contribution in [0, 0.1) is 6.92 Å². The van der Waals surface area contributed by atoms with Gasteiger partial charge in [0.2, 0.25) is 0 Å². The molecule has 0 aromatic heterocycles. The SMILES string of the molecule is Cc1cccc([S@](C)=O)c1N. The lowest BCUT2D eigenvalue weighted by atomic mass is 10.2. The van der Waals surface area contributed by atoms with Crippen LogP contribution in [0.25, 0.3) is 0 Å². The molecule has 2 N–H and O–H groups in total. The largest absolute Gasteiger partial charge is 0.398 e. The van der Waals surface area contributed by atoms with Crippen LogP contribution in [-0.4, -0.2) is 10.5 Å². The molecule has 0 saturated heterocycles. The molecule has 0 heterocycles. The Morgan fingerprint density at radius 3 is 2.55 bits per heavy atom. The van der Waals surface area contributed by atoms with Gasteiger partial charge in [-0.05, 0) is 18.6 Å². The third-order valence-electron chi connectivity index (χ3n) is 1.59. The molecule has 1 atom stereocenters. The molecule has 1 rings (SSSR count). The van der Waals surface area contributed by atoms with E-state index in [1.54, 1.807) is 12.3 Å². The van der Waals surface area contributed by atoms with Gasteiger partial charge >= 0.3 is 0 Å². The molecule has 3 heteroatoms. The van der Waals surface area contributed by atoms with Crippen LogP contribution < -0.4 is 5.73 Å². The van der Waals surface area contributed by atoms with Crippen molar-refractivity contribution in [1.82, 2.24) is 0 Å². The van der Waals surface area contributed by atoms with Gasteiger partial charge in [0, 0.05) is 6.26 Å². The Labute approximate surface area is 68.9 Å². The van der Waals surface area contributed by atoms with E-state index in [2.05, 4.69) is 0 Å². The van der Waals surface area contributed by atoms with Gasteiger partial charge in [0.1, 0.15) is 0 Å². The predicted molar refractivity (Wildman–Crippen MR) is 47.9 cm³/mol. The highest BCUT2D eigenvalue weighted by atomic mass is 32.2. The molecule has 0 bridgehead atoms. The molecule has 0 unspecified atom stereocenters. The fraction of sp³-hybridized carbons (Fsp3) is 0.250. The van der Waals surface area contributed by atoms with Crippen LogP contribution in [0.5, 0.6) is 0 Å². The fourth-order valence-electron chi connectivity index (χ4n) is 0.904. The Morgan fingerprint density at radius 2 is 2.09 bits per heavy atom. The number of nitrogens with two attached hydrogens (primary N) is 1. The summed E-state index contributed by atoms with van der Waals surface area (Å²) in [4.78, 5) is 0.727. The van der Waals surface area contributed by atoms with Crippen LogP contribution in [0.2, 0.25) is 0 Å². The maximum absolute atomic E-state index is 11.0. The van der Waals surface area contributed by atoms with E-state index in [-0.39, 0.29) is 0 Å². The van der Waals surface area contributed by atoms with Crippen LogP contribution in [0.15, 0.2) is 23.1 Å². The second kappa shape index (κ2) is 3.05. The van der Waals surface area contributed by atoms with E-state index in [1.165, 1.54) is 0 Å². The second-order valence-corrected chi connectivity index (χ2v) is 3.79. The van der Waals surface area contributed by atoms with Crippen molar-refractivity contribution < 1.29 is 4.21 Å². The molecular formula is C8H11NOS. The van der Waals surface area contributed by atoms with E-state index < -0.39 is 10.8 Å². The zero-order valence-corrected chi connectivity index (χ0v) is 7.44. The zero-order valence-electron chi connectivity index (χ0n) is 6.63. The van der Waals surface area contributed by atoms with E-state index in [1.807, 2.05) is 19.1 Å². The highest BCUT2D eigenvalue weighted by Gasteiger charge is 2.03. The summed E-state index contributed by atoms with van der Waals surface area (Å²) in [7, 11) is -0.976. The van der Waals surface area contributed by atoms with Crippen molar-refractivity contribution in [2.45, 2.75) is 11.8 Å². The number of nitrogen functional groups attached to an aromatic ring is 1. The topological polar surface area (TPSA) is 43.1 Å². The van der Waals surface area contributed by atoms with Gasteiger partial charge in [-0.25, -0.2) is 0 Å². The van der Waals surface area contributed by atoms with Crippen LogP contribution >= 0.6 is 0 Å². The van der Waals surface area contributed by atoms with E-state index in [4.69, 9.17) is 5.73 Å². The third kappa shape index (κ3) is 1.60. The number of hydrogen-bond acceptors (Lipinski definition) is 2. The summed E-state index contributed by atoms with van der Waals surface area (Å²) in [6, 6.07) is 5.56. The minimum absolute atomic E-state index is 0.647. The molecule has 0 saturated carbocycles. The van der Waals surface area contributed by atoms with E-state index in [0.29, 0.717) is 5.69 Å². The molecule has 11 heavy (non-hydrogen) atoms. The highest BCUT2D eigenvalue weighted by Crippen LogP contribution is 2.18. The molecule has 0 amide bonds. The molecule has 1 aromatic rings. The molecule has 0 aliphatic carbocycles. The highest BCUT2D eigenvalue weighted by molar-refractivity contribution is 7.84. The van der Waals surface area contributed by atoms with Crippen molar-refractivity contribution in [2.24, 2.45) is 0 Å². The summed E-state index contributed by atoms with van der Waals surface area (Å²) in [5, 5.41) is 0. The first-order chi connectivity index (χ1) is 5.13. The van der Waals surface area contributed by atoms with Gasteiger partial charge in [0.05, 0.1) is 21.4 Å². The Balaban J connectivity index is 3.27.